The first-order valence-corrected chi connectivity index (χ1v) is 8.68. The van der Waals surface area contributed by atoms with Crippen molar-refractivity contribution in [3.63, 3.8) is 0 Å². The SMILES string of the molecule is CCOCc1ccccc1CNC(=O)Cn1nc(CC)n(CC)c1=O. The Hall–Kier alpha value is -2.41. The van der Waals surface area contributed by atoms with Crippen LogP contribution in [0.3, 0.4) is 0 Å². The molecule has 7 heteroatoms. The molecule has 2 rings (SSSR count). The molecular formula is C18H26N4O3. The maximum absolute atomic E-state index is 12.2. The molecule has 0 fully saturated rings. The van der Waals surface area contributed by atoms with Crippen LogP contribution in [-0.2, 0) is 42.2 Å². The number of carbonyl (C=O) groups excluding carboxylic acids is 1. The summed E-state index contributed by atoms with van der Waals surface area (Å²) in [4.78, 5) is 24.4. The van der Waals surface area contributed by atoms with Gasteiger partial charge in [0.15, 0.2) is 0 Å². The van der Waals surface area contributed by atoms with Crippen LogP contribution in [-0.4, -0.2) is 26.9 Å². The lowest BCUT2D eigenvalue weighted by atomic mass is 10.1. The van der Waals surface area contributed by atoms with Crippen molar-refractivity contribution in [2.45, 2.75) is 53.4 Å². The standard InChI is InChI=1S/C18H26N4O3/c1-4-16-20-22(18(24)21(16)5-2)12-17(23)19-11-14-9-7-8-10-15(14)13-25-6-3/h7-10H,4-6,11-13H2,1-3H3,(H,19,23). The zero-order chi connectivity index (χ0) is 18.2. The van der Waals surface area contributed by atoms with E-state index in [2.05, 4.69) is 10.4 Å². The summed E-state index contributed by atoms with van der Waals surface area (Å²) in [6.07, 6.45) is 0.655. The summed E-state index contributed by atoms with van der Waals surface area (Å²) < 4.78 is 8.26. The van der Waals surface area contributed by atoms with Gasteiger partial charge in [-0.3, -0.25) is 9.36 Å². The minimum absolute atomic E-state index is 0.0769. The average Bonchev–Trinajstić information content (AvgIpc) is 2.93. The molecule has 0 aliphatic rings. The van der Waals surface area contributed by atoms with Gasteiger partial charge < -0.3 is 10.1 Å². The number of hydrogen-bond acceptors (Lipinski definition) is 4. The molecule has 1 N–H and O–H groups in total. The molecule has 0 aliphatic heterocycles. The van der Waals surface area contributed by atoms with Gasteiger partial charge >= 0.3 is 5.69 Å². The van der Waals surface area contributed by atoms with Gasteiger partial charge in [-0.05, 0) is 25.0 Å². The fourth-order valence-corrected chi connectivity index (χ4v) is 2.64. The first-order chi connectivity index (χ1) is 12.1. The highest BCUT2D eigenvalue weighted by Gasteiger charge is 2.13. The van der Waals surface area contributed by atoms with E-state index in [0.29, 0.717) is 38.5 Å². The van der Waals surface area contributed by atoms with Gasteiger partial charge in [-0.2, -0.15) is 5.10 Å². The van der Waals surface area contributed by atoms with Crippen molar-refractivity contribution in [3.8, 4) is 0 Å². The smallest absolute Gasteiger partial charge is 0.346 e. The Kier molecular flexibility index (Phi) is 6.94. The van der Waals surface area contributed by atoms with Crippen molar-refractivity contribution in [1.29, 1.82) is 0 Å². The van der Waals surface area contributed by atoms with Gasteiger partial charge in [-0.1, -0.05) is 31.2 Å². The lowest BCUT2D eigenvalue weighted by molar-refractivity contribution is -0.122. The summed E-state index contributed by atoms with van der Waals surface area (Å²) in [5, 5.41) is 7.09. The number of benzene rings is 1. The fourth-order valence-electron chi connectivity index (χ4n) is 2.64. The highest BCUT2D eigenvalue weighted by molar-refractivity contribution is 5.75. The summed E-state index contributed by atoms with van der Waals surface area (Å²) in [6, 6.07) is 7.82. The Morgan fingerprint density at radius 1 is 1.20 bits per heavy atom. The molecule has 0 aliphatic carbocycles. The molecule has 1 amide bonds. The van der Waals surface area contributed by atoms with E-state index in [1.165, 1.54) is 4.68 Å². The average molecular weight is 346 g/mol. The Morgan fingerprint density at radius 3 is 2.52 bits per heavy atom. The van der Waals surface area contributed by atoms with Gasteiger partial charge in [-0.15, -0.1) is 0 Å². The molecule has 0 spiro atoms. The van der Waals surface area contributed by atoms with E-state index in [4.69, 9.17) is 4.74 Å². The van der Waals surface area contributed by atoms with Crippen LogP contribution in [0.25, 0.3) is 0 Å². The van der Waals surface area contributed by atoms with Crippen LogP contribution in [0.2, 0.25) is 0 Å². The van der Waals surface area contributed by atoms with Crippen LogP contribution in [0.4, 0.5) is 0 Å². The number of hydrogen-bond donors (Lipinski definition) is 1. The number of aryl methyl sites for hydroxylation is 1. The summed E-state index contributed by atoms with van der Waals surface area (Å²) in [6.45, 7) is 7.80. The van der Waals surface area contributed by atoms with Crippen molar-refractivity contribution >= 4 is 5.91 Å². The van der Waals surface area contributed by atoms with Crippen LogP contribution >= 0.6 is 0 Å². The molecule has 2 aromatic rings. The molecular weight excluding hydrogens is 320 g/mol. The van der Waals surface area contributed by atoms with Gasteiger partial charge in [0.05, 0.1) is 6.61 Å². The van der Waals surface area contributed by atoms with Crippen molar-refractivity contribution in [2.24, 2.45) is 0 Å². The summed E-state index contributed by atoms with van der Waals surface area (Å²) in [5.41, 5.74) is 1.81. The van der Waals surface area contributed by atoms with Crippen LogP contribution in [0.1, 0.15) is 37.7 Å². The van der Waals surface area contributed by atoms with E-state index in [0.717, 1.165) is 11.1 Å². The predicted molar refractivity (Wildman–Crippen MR) is 95.2 cm³/mol. The van der Waals surface area contributed by atoms with Crippen LogP contribution in [0.15, 0.2) is 29.1 Å². The number of carbonyl (C=O) groups is 1. The summed E-state index contributed by atoms with van der Waals surface area (Å²) >= 11 is 0. The maximum Gasteiger partial charge on any atom is 0.346 e. The van der Waals surface area contributed by atoms with Gasteiger partial charge in [0, 0.05) is 26.1 Å². The van der Waals surface area contributed by atoms with Crippen molar-refractivity contribution in [1.82, 2.24) is 19.7 Å². The van der Waals surface area contributed by atoms with Crippen LogP contribution in [0.5, 0.6) is 0 Å². The first kappa shape index (κ1) is 18.9. The van der Waals surface area contributed by atoms with Crippen molar-refractivity contribution in [3.05, 3.63) is 51.7 Å². The number of rotatable bonds is 9. The molecule has 0 bridgehead atoms. The Morgan fingerprint density at radius 2 is 1.92 bits per heavy atom. The molecule has 25 heavy (non-hydrogen) atoms. The van der Waals surface area contributed by atoms with Crippen LogP contribution in [0, 0.1) is 0 Å². The minimum atomic E-state index is -0.244. The number of aromatic nitrogens is 3. The second-order valence-electron chi connectivity index (χ2n) is 5.64. The Balaban J connectivity index is 2.00. The summed E-state index contributed by atoms with van der Waals surface area (Å²) in [7, 11) is 0. The maximum atomic E-state index is 12.2. The third-order valence-electron chi connectivity index (χ3n) is 3.98. The van der Waals surface area contributed by atoms with E-state index in [1.54, 1.807) is 4.57 Å². The minimum Gasteiger partial charge on any atom is -0.377 e. The van der Waals surface area contributed by atoms with E-state index in [-0.39, 0.29) is 18.1 Å². The number of ether oxygens (including phenoxy) is 1. The zero-order valence-electron chi connectivity index (χ0n) is 15.1. The molecule has 1 heterocycles. The van der Waals surface area contributed by atoms with Crippen molar-refractivity contribution < 1.29 is 9.53 Å². The van der Waals surface area contributed by atoms with E-state index in [9.17, 15) is 9.59 Å². The second kappa shape index (κ2) is 9.17. The van der Waals surface area contributed by atoms with Gasteiger partial charge in [0.2, 0.25) is 5.91 Å². The lowest BCUT2D eigenvalue weighted by Crippen LogP contribution is -2.33. The van der Waals surface area contributed by atoms with E-state index < -0.39 is 0 Å². The normalized spacial score (nSPS) is 10.8. The number of nitrogens with zero attached hydrogens (tertiary/aromatic N) is 3. The molecule has 0 saturated heterocycles. The molecule has 136 valence electrons. The van der Waals surface area contributed by atoms with Crippen LogP contribution < -0.4 is 11.0 Å². The molecule has 0 radical (unpaired) electrons. The molecule has 7 nitrogen and oxygen atoms in total. The Labute approximate surface area is 147 Å². The zero-order valence-corrected chi connectivity index (χ0v) is 15.1. The second-order valence-corrected chi connectivity index (χ2v) is 5.64. The molecule has 0 unspecified atom stereocenters. The largest absolute Gasteiger partial charge is 0.377 e. The number of nitrogens with one attached hydrogen (secondary N) is 1. The van der Waals surface area contributed by atoms with E-state index >= 15 is 0 Å². The highest BCUT2D eigenvalue weighted by Crippen LogP contribution is 2.10. The van der Waals surface area contributed by atoms with Gasteiger partial charge in [-0.25, -0.2) is 9.48 Å². The fraction of sp³-hybridized carbons (Fsp3) is 0.500. The van der Waals surface area contributed by atoms with E-state index in [1.807, 2.05) is 45.0 Å². The summed E-state index contributed by atoms with van der Waals surface area (Å²) in [5.74, 6) is 0.457. The third-order valence-corrected chi connectivity index (χ3v) is 3.98. The number of amides is 1. The molecule has 1 aromatic carbocycles. The topological polar surface area (TPSA) is 78.2 Å². The van der Waals surface area contributed by atoms with Gasteiger partial charge in [0.1, 0.15) is 12.4 Å². The monoisotopic (exact) mass is 346 g/mol. The molecule has 0 atom stereocenters. The highest BCUT2D eigenvalue weighted by atomic mass is 16.5. The Bertz CT molecular complexity index is 764. The third kappa shape index (κ3) is 4.79. The van der Waals surface area contributed by atoms with Gasteiger partial charge in [0.25, 0.3) is 0 Å². The quantitative estimate of drug-likeness (QED) is 0.746. The predicted octanol–water partition coefficient (Wildman–Crippen LogP) is 1.48. The lowest BCUT2D eigenvalue weighted by Gasteiger charge is -2.10. The van der Waals surface area contributed by atoms with Crippen molar-refractivity contribution in [2.75, 3.05) is 6.61 Å². The molecule has 0 saturated carbocycles. The first-order valence-electron chi connectivity index (χ1n) is 8.68. The molecule has 1 aromatic heterocycles.